The molecule has 8 heteroatoms. The van der Waals surface area contributed by atoms with Crippen molar-refractivity contribution in [1.82, 2.24) is 9.62 Å². The van der Waals surface area contributed by atoms with Gasteiger partial charge in [0.2, 0.25) is 15.9 Å². The van der Waals surface area contributed by atoms with E-state index >= 15 is 0 Å². The number of hydrogen-bond donors (Lipinski definition) is 2. The van der Waals surface area contributed by atoms with Crippen molar-refractivity contribution in [2.45, 2.75) is 18.2 Å². The standard InChI is InChI=1S/C15H22BrN3O3S/c1-2-18-9-11-19(12-10-18)15(20)7-8-17-23(21,22)14-5-3-13(16)4-6-14/h3-6,17H,2,7-12H2,1H3/p+1. The van der Waals surface area contributed by atoms with Crippen molar-refractivity contribution in [3.8, 4) is 0 Å². The first-order valence-corrected chi connectivity index (χ1v) is 10.1. The maximum absolute atomic E-state index is 12.1. The minimum atomic E-state index is -3.56. The number of nitrogens with one attached hydrogen (secondary N) is 2. The van der Waals surface area contributed by atoms with E-state index in [1.54, 1.807) is 12.1 Å². The molecule has 1 amide bonds. The zero-order valence-corrected chi connectivity index (χ0v) is 15.6. The van der Waals surface area contributed by atoms with Crippen LogP contribution in [0, 0.1) is 0 Å². The summed E-state index contributed by atoms with van der Waals surface area (Å²) in [4.78, 5) is 15.7. The molecule has 1 heterocycles. The molecule has 128 valence electrons. The first-order valence-electron chi connectivity index (χ1n) is 7.79. The Hall–Kier alpha value is -0.960. The highest BCUT2D eigenvalue weighted by atomic mass is 79.9. The van der Waals surface area contributed by atoms with Crippen LogP contribution in [-0.2, 0) is 14.8 Å². The van der Waals surface area contributed by atoms with Gasteiger partial charge in [-0.3, -0.25) is 4.79 Å². The molecule has 2 N–H and O–H groups in total. The number of carbonyl (C=O) groups is 1. The van der Waals surface area contributed by atoms with E-state index in [2.05, 4.69) is 27.6 Å². The van der Waals surface area contributed by atoms with Gasteiger partial charge in [0.15, 0.2) is 0 Å². The first kappa shape index (κ1) is 18.4. The summed E-state index contributed by atoms with van der Waals surface area (Å²) >= 11 is 3.27. The summed E-state index contributed by atoms with van der Waals surface area (Å²) in [6.07, 6.45) is 0.192. The summed E-state index contributed by atoms with van der Waals surface area (Å²) < 4.78 is 27.6. The van der Waals surface area contributed by atoms with Crippen LogP contribution in [0.3, 0.4) is 0 Å². The third kappa shape index (κ3) is 5.27. The smallest absolute Gasteiger partial charge is 0.240 e. The second kappa shape index (κ2) is 8.23. The van der Waals surface area contributed by atoms with Gasteiger partial charge < -0.3 is 9.80 Å². The van der Waals surface area contributed by atoms with E-state index in [1.165, 1.54) is 17.0 Å². The van der Waals surface area contributed by atoms with Crippen molar-refractivity contribution in [3.63, 3.8) is 0 Å². The van der Waals surface area contributed by atoms with E-state index in [9.17, 15) is 13.2 Å². The highest BCUT2D eigenvalue weighted by Crippen LogP contribution is 2.14. The van der Waals surface area contributed by atoms with E-state index in [0.717, 1.165) is 37.2 Å². The van der Waals surface area contributed by atoms with Crippen molar-refractivity contribution in [1.29, 1.82) is 0 Å². The van der Waals surface area contributed by atoms with Crippen LogP contribution in [0.15, 0.2) is 33.6 Å². The molecule has 0 radical (unpaired) electrons. The van der Waals surface area contributed by atoms with Gasteiger partial charge in [-0.25, -0.2) is 13.1 Å². The van der Waals surface area contributed by atoms with Gasteiger partial charge in [-0.15, -0.1) is 0 Å². The van der Waals surface area contributed by atoms with Crippen LogP contribution in [0.5, 0.6) is 0 Å². The fourth-order valence-electron chi connectivity index (χ4n) is 2.57. The summed E-state index contributed by atoms with van der Waals surface area (Å²) in [5, 5.41) is 0. The van der Waals surface area contributed by atoms with Crippen molar-refractivity contribution in [2.24, 2.45) is 0 Å². The van der Waals surface area contributed by atoms with Crippen LogP contribution < -0.4 is 9.62 Å². The molecule has 1 aliphatic heterocycles. The molecule has 0 bridgehead atoms. The number of likely N-dealkylation sites (N-methyl/N-ethyl adjacent to an activating group) is 1. The van der Waals surface area contributed by atoms with Crippen molar-refractivity contribution in [2.75, 3.05) is 39.3 Å². The second-order valence-electron chi connectivity index (χ2n) is 5.59. The Morgan fingerprint density at radius 2 is 1.87 bits per heavy atom. The fourth-order valence-corrected chi connectivity index (χ4v) is 3.87. The Bertz CT molecular complexity index is 626. The van der Waals surface area contributed by atoms with E-state index in [-0.39, 0.29) is 23.8 Å². The number of benzene rings is 1. The van der Waals surface area contributed by atoms with Gasteiger partial charge in [-0.1, -0.05) is 15.9 Å². The van der Waals surface area contributed by atoms with E-state index in [0.29, 0.717) is 0 Å². The number of rotatable bonds is 6. The molecule has 1 aromatic rings. The monoisotopic (exact) mass is 404 g/mol. The number of carbonyl (C=O) groups excluding carboxylic acids is 1. The summed E-state index contributed by atoms with van der Waals surface area (Å²) in [5.41, 5.74) is 0. The lowest BCUT2D eigenvalue weighted by molar-refractivity contribution is -0.902. The Morgan fingerprint density at radius 3 is 2.43 bits per heavy atom. The quantitative estimate of drug-likeness (QED) is 0.693. The molecule has 6 nitrogen and oxygen atoms in total. The summed E-state index contributed by atoms with van der Waals surface area (Å²) in [5.74, 6) is 0.0126. The van der Waals surface area contributed by atoms with Crippen LogP contribution in [0.2, 0.25) is 0 Å². The first-order chi connectivity index (χ1) is 10.9. The highest BCUT2D eigenvalue weighted by molar-refractivity contribution is 9.10. The lowest BCUT2D eigenvalue weighted by Crippen LogP contribution is -3.14. The molecular formula is C15H23BrN3O3S+. The number of nitrogens with zero attached hydrogens (tertiary/aromatic N) is 1. The molecule has 0 aromatic heterocycles. The SMILES string of the molecule is CC[NH+]1CCN(C(=O)CCNS(=O)(=O)c2ccc(Br)cc2)CC1. The number of piperazine rings is 1. The molecule has 0 unspecified atom stereocenters. The van der Waals surface area contributed by atoms with Gasteiger partial charge in [-0.2, -0.15) is 0 Å². The molecule has 2 rings (SSSR count). The Kier molecular flexibility index (Phi) is 6.58. The van der Waals surface area contributed by atoms with Gasteiger partial charge in [-0.05, 0) is 31.2 Å². The largest absolute Gasteiger partial charge is 0.332 e. The van der Waals surface area contributed by atoms with Gasteiger partial charge in [0, 0.05) is 17.4 Å². The fraction of sp³-hybridized carbons (Fsp3) is 0.533. The summed E-state index contributed by atoms with van der Waals surface area (Å²) in [7, 11) is -3.56. The van der Waals surface area contributed by atoms with E-state index in [1.807, 2.05) is 4.90 Å². The van der Waals surface area contributed by atoms with Crippen molar-refractivity contribution >= 4 is 31.9 Å². The zero-order valence-electron chi connectivity index (χ0n) is 13.2. The Balaban J connectivity index is 1.80. The number of quaternary nitrogens is 1. The number of sulfonamides is 1. The average molecular weight is 405 g/mol. The average Bonchev–Trinajstić information content (AvgIpc) is 2.55. The highest BCUT2D eigenvalue weighted by Gasteiger charge is 2.22. The molecule has 1 aromatic carbocycles. The van der Waals surface area contributed by atoms with Gasteiger partial charge in [0.25, 0.3) is 0 Å². The number of hydrogen-bond acceptors (Lipinski definition) is 3. The zero-order chi connectivity index (χ0) is 16.9. The molecule has 1 aliphatic rings. The van der Waals surface area contributed by atoms with E-state index < -0.39 is 10.0 Å². The van der Waals surface area contributed by atoms with E-state index in [4.69, 9.17) is 0 Å². The number of amides is 1. The van der Waals surface area contributed by atoms with Gasteiger partial charge in [0.05, 0.1) is 37.6 Å². The minimum absolute atomic E-state index is 0.0126. The van der Waals surface area contributed by atoms with Crippen LogP contribution in [0.4, 0.5) is 0 Å². The third-order valence-electron chi connectivity index (χ3n) is 4.08. The van der Waals surface area contributed by atoms with Crippen LogP contribution in [0.1, 0.15) is 13.3 Å². The summed E-state index contributed by atoms with van der Waals surface area (Å²) in [6, 6.07) is 6.41. The molecular weight excluding hydrogens is 382 g/mol. The molecule has 0 aliphatic carbocycles. The molecule has 23 heavy (non-hydrogen) atoms. The van der Waals surface area contributed by atoms with Gasteiger partial charge in [0.1, 0.15) is 0 Å². The molecule has 0 saturated carbocycles. The lowest BCUT2D eigenvalue weighted by atomic mass is 10.3. The van der Waals surface area contributed by atoms with Crippen molar-refractivity contribution in [3.05, 3.63) is 28.7 Å². The predicted octanol–water partition coefficient (Wildman–Crippen LogP) is -0.135. The third-order valence-corrected chi connectivity index (χ3v) is 6.08. The number of halogens is 1. The topological polar surface area (TPSA) is 70.9 Å². The maximum atomic E-state index is 12.1. The Labute approximate surface area is 146 Å². The lowest BCUT2D eigenvalue weighted by Gasteiger charge is -2.31. The normalized spacial score (nSPS) is 16.5. The molecule has 1 saturated heterocycles. The molecule has 0 spiro atoms. The van der Waals surface area contributed by atoms with Crippen LogP contribution in [-0.4, -0.2) is 58.5 Å². The van der Waals surface area contributed by atoms with Crippen molar-refractivity contribution < 1.29 is 18.1 Å². The van der Waals surface area contributed by atoms with Crippen LogP contribution in [0.25, 0.3) is 0 Å². The predicted molar refractivity (Wildman–Crippen MR) is 91.8 cm³/mol. The molecule has 1 fully saturated rings. The van der Waals surface area contributed by atoms with Gasteiger partial charge >= 0.3 is 0 Å². The molecule has 0 atom stereocenters. The maximum Gasteiger partial charge on any atom is 0.240 e. The van der Waals surface area contributed by atoms with Crippen LogP contribution >= 0.6 is 15.9 Å². The Morgan fingerprint density at radius 1 is 1.26 bits per heavy atom. The second-order valence-corrected chi connectivity index (χ2v) is 8.27. The minimum Gasteiger partial charge on any atom is -0.332 e. The summed E-state index contributed by atoms with van der Waals surface area (Å²) in [6.45, 7) is 6.78.